The van der Waals surface area contributed by atoms with Crippen LogP contribution in [0.2, 0.25) is 0 Å². The van der Waals surface area contributed by atoms with Crippen LogP contribution in [0.1, 0.15) is 23.1 Å². The van der Waals surface area contributed by atoms with Crippen LogP contribution in [-0.2, 0) is 4.79 Å². The van der Waals surface area contributed by atoms with Crippen LogP contribution in [-0.4, -0.2) is 96.1 Å². The van der Waals surface area contributed by atoms with Crippen molar-refractivity contribution in [3.63, 3.8) is 0 Å². The number of hydrogen-bond donors (Lipinski definition) is 3. The van der Waals surface area contributed by atoms with Gasteiger partial charge in [0, 0.05) is 63.2 Å². The zero-order chi connectivity index (χ0) is 24.7. The van der Waals surface area contributed by atoms with Crippen molar-refractivity contribution in [2.24, 2.45) is 5.10 Å². The van der Waals surface area contributed by atoms with Gasteiger partial charge in [0.05, 0.1) is 30.7 Å². The molecule has 35 heavy (non-hydrogen) atoms. The van der Waals surface area contributed by atoms with Crippen molar-refractivity contribution in [2.45, 2.75) is 12.5 Å². The number of halogens is 1. The van der Waals surface area contributed by atoms with Gasteiger partial charge in [-0.2, -0.15) is 5.10 Å². The summed E-state index contributed by atoms with van der Waals surface area (Å²) >= 11 is 0. The Morgan fingerprint density at radius 2 is 2.14 bits per heavy atom. The predicted molar refractivity (Wildman–Crippen MR) is 133 cm³/mol. The molecule has 8 nitrogen and oxygen atoms in total. The molecule has 3 N–H and O–H groups in total. The third-order valence-electron chi connectivity index (χ3n) is 6.81. The summed E-state index contributed by atoms with van der Waals surface area (Å²) in [5, 5.41) is 23.3. The molecule has 0 saturated carbocycles. The van der Waals surface area contributed by atoms with Gasteiger partial charge in [0.25, 0.3) is 0 Å². The van der Waals surface area contributed by atoms with Crippen molar-refractivity contribution >= 4 is 23.3 Å². The number of carbonyl (C=O) groups is 1. The normalized spacial score (nSPS) is 19.8. The fraction of sp³-hybridized carbons (Fsp3) is 0.385. The van der Waals surface area contributed by atoms with Gasteiger partial charge >= 0.3 is 0 Å². The number of fused-ring (bicyclic) bond motifs is 2. The SMILES string of the molecule is CN1C=C2C(=C(C3=CCCN(CC(=O)N(C)CC(O)CO)C3)C1)NN=C1C=Cc3cc(F)cc2c31. The first-order valence-corrected chi connectivity index (χ1v) is 11.8. The second-order valence-corrected chi connectivity index (χ2v) is 9.51. The topological polar surface area (TPSA) is 91.6 Å². The molecular formula is C26H30FN5O3. The summed E-state index contributed by atoms with van der Waals surface area (Å²) in [6.45, 7) is 1.96. The van der Waals surface area contributed by atoms with Crippen LogP contribution in [0.25, 0.3) is 11.6 Å². The van der Waals surface area contributed by atoms with E-state index in [0.717, 1.165) is 57.8 Å². The minimum absolute atomic E-state index is 0.0940. The van der Waals surface area contributed by atoms with Gasteiger partial charge in [-0.3, -0.25) is 15.1 Å². The maximum Gasteiger partial charge on any atom is 0.236 e. The molecule has 3 heterocycles. The number of nitrogens with zero attached hydrogens (tertiary/aromatic N) is 4. The van der Waals surface area contributed by atoms with Crippen LogP contribution >= 0.6 is 0 Å². The lowest BCUT2D eigenvalue weighted by molar-refractivity contribution is -0.132. The summed E-state index contributed by atoms with van der Waals surface area (Å²) in [4.78, 5) is 18.3. The number of amides is 1. The maximum atomic E-state index is 14.5. The molecule has 1 aliphatic carbocycles. The van der Waals surface area contributed by atoms with Gasteiger partial charge in [-0.15, -0.1) is 0 Å². The van der Waals surface area contributed by atoms with E-state index in [1.54, 1.807) is 13.1 Å². The molecule has 0 spiro atoms. The zero-order valence-corrected chi connectivity index (χ0v) is 20.0. The highest BCUT2D eigenvalue weighted by atomic mass is 19.1. The van der Waals surface area contributed by atoms with Gasteiger partial charge in [-0.1, -0.05) is 12.2 Å². The van der Waals surface area contributed by atoms with Crippen molar-refractivity contribution in [2.75, 3.05) is 53.4 Å². The molecule has 0 bridgehead atoms. The highest BCUT2D eigenvalue weighted by Gasteiger charge is 2.31. The highest BCUT2D eigenvalue weighted by Crippen LogP contribution is 2.39. The molecule has 4 aliphatic rings. The van der Waals surface area contributed by atoms with E-state index < -0.39 is 6.10 Å². The highest BCUT2D eigenvalue weighted by molar-refractivity contribution is 6.20. The fourth-order valence-electron chi connectivity index (χ4n) is 5.08. The fourth-order valence-corrected chi connectivity index (χ4v) is 5.08. The lowest BCUT2D eigenvalue weighted by Crippen LogP contribution is -2.44. The van der Waals surface area contributed by atoms with Gasteiger partial charge in [-0.25, -0.2) is 4.39 Å². The molecule has 0 saturated heterocycles. The third-order valence-corrected chi connectivity index (χ3v) is 6.81. The van der Waals surface area contributed by atoms with Gasteiger partial charge < -0.3 is 20.0 Å². The minimum Gasteiger partial charge on any atom is -0.394 e. The summed E-state index contributed by atoms with van der Waals surface area (Å²) in [6.07, 6.45) is 7.89. The molecule has 0 fully saturated rings. The largest absolute Gasteiger partial charge is 0.394 e. The molecule has 1 atom stereocenters. The van der Waals surface area contributed by atoms with Crippen LogP contribution in [0.5, 0.6) is 0 Å². The summed E-state index contributed by atoms with van der Waals surface area (Å²) in [7, 11) is 3.63. The first-order valence-electron chi connectivity index (χ1n) is 11.8. The predicted octanol–water partition coefficient (Wildman–Crippen LogP) is 1.14. The van der Waals surface area contributed by atoms with Gasteiger partial charge in [0.1, 0.15) is 5.82 Å². The molecule has 1 unspecified atom stereocenters. The monoisotopic (exact) mass is 479 g/mol. The summed E-state index contributed by atoms with van der Waals surface area (Å²) in [5.41, 5.74) is 10.6. The summed E-state index contributed by atoms with van der Waals surface area (Å²) in [5.74, 6) is -0.385. The van der Waals surface area contributed by atoms with E-state index in [4.69, 9.17) is 5.11 Å². The molecule has 1 amide bonds. The van der Waals surface area contributed by atoms with Gasteiger partial charge in [-0.05, 0) is 41.3 Å². The Hall–Kier alpha value is -3.27. The van der Waals surface area contributed by atoms with E-state index in [1.807, 2.05) is 25.4 Å². The number of hydrogen-bond acceptors (Lipinski definition) is 7. The van der Waals surface area contributed by atoms with Crippen LogP contribution in [0.3, 0.4) is 0 Å². The second kappa shape index (κ2) is 9.41. The number of hydrazone groups is 1. The molecule has 0 aromatic heterocycles. The molecule has 1 aromatic rings. The third kappa shape index (κ3) is 4.54. The van der Waals surface area contributed by atoms with Crippen LogP contribution in [0, 0.1) is 5.82 Å². The standard InChI is InChI=1S/C26H30FN5O3/c1-30-12-21(17-4-3-7-32(10-17)14-24(35)31(2)11-19(34)15-33)26-22(13-30)20-9-18(27)8-16-5-6-23(25(16)20)28-29-26/h4-6,8-9,13,19,29,33-34H,3,7,10-12,14-15H2,1-2H3. The summed E-state index contributed by atoms with van der Waals surface area (Å²) < 4.78 is 14.5. The molecule has 1 aromatic carbocycles. The number of benzene rings is 1. The first kappa shape index (κ1) is 23.5. The number of carbonyl (C=O) groups excluding carboxylic acids is 1. The number of rotatable bonds is 6. The van der Waals surface area contributed by atoms with Crippen molar-refractivity contribution in [1.82, 2.24) is 20.1 Å². The summed E-state index contributed by atoms with van der Waals surface area (Å²) in [6, 6.07) is 3.11. The number of nitrogens with one attached hydrogen (secondary N) is 1. The molecule has 5 rings (SSSR count). The average Bonchev–Trinajstić information content (AvgIpc) is 3.17. The Labute approximate surface area is 204 Å². The van der Waals surface area contributed by atoms with E-state index in [9.17, 15) is 14.3 Å². The van der Waals surface area contributed by atoms with Gasteiger partial charge in [0.2, 0.25) is 5.91 Å². The molecule has 184 valence electrons. The number of aliphatic hydroxyl groups excluding tert-OH is 2. The number of aliphatic hydroxyl groups is 2. The van der Waals surface area contributed by atoms with E-state index in [0.29, 0.717) is 13.1 Å². The van der Waals surface area contributed by atoms with E-state index >= 15 is 0 Å². The lowest BCUT2D eigenvalue weighted by atomic mass is 9.88. The number of allylic oxidation sites excluding steroid dienone is 2. The maximum absolute atomic E-state index is 14.5. The minimum atomic E-state index is -0.947. The van der Waals surface area contributed by atoms with Crippen molar-refractivity contribution in [3.05, 3.63) is 69.8 Å². The van der Waals surface area contributed by atoms with Crippen molar-refractivity contribution in [1.29, 1.82) is 0 Å². The van der Waals surface area contributed by atoms with Gasteiger partial charge in [0.15, 0.2) is 0 Å². The molecule has 3 aliphatic heterocycles. The van der Waals surface area contributed by atoms with E-state index in [2.05, 4.69) is 26.4 Å². The smallest absolute Gasteiger partial charge is 0.236 e. The van der Waals surface area contributed by atoms with E-state index in [-0.39, 0.29) is 31.4 Å². The van der Waals surface area contributed by atoms with Crippen molar-refractivity contribution < 1.29 is 19.4 Å². The molecule has 0 radical (unpaired) electrons. The average molecular weight is 480 g/mol. The zero-order valence-electron chi connectivity index (χ0n) is 20.0. The van der Waals surface area contributed by atoms with Crippen LogP contribution in [0.4, 0.5) is 4.39 Å². The Balaban J connectivity index is 1.42. The lowest BCUT2D eigenvalue weighted by Gasteiger charge is -2.34. The Morgan fingerprint density at radius 1 is 1.31 bits per heavy atom. The molecule has 9 heteroatoms. The second-order valence-electron chi connectivity index (χ2n) is 9.51. The van der Waals surface area contributed by atoms with Crippen molar-refractivity contribution in [3.8, 4) is 0 Å². The Kier molecular flexibility index (Phi) is 6.31. The Morgan fingerprint density at radius 3 is 2.94 bits per heavy atom. The number of likely N-dealkylation sites (N-methyl/N-ethyl adjacent to an activating group) is 2. The quantitative estimate of drug-likeness (QED) is 0.567. The Bertz CT molecular complexity index is 1220. The first-order chi connectivity index (χ1) is 16.8. The van der Waals surface area contributed by atoms with Crippen LogP contribution < -0.4 is 5.43 Å². The molecular weight excluding hydrogens is 449 g/mol. The van der Waals surface area contributed by atoms with E-state index in [1.165, 1.54) is 11.0 Å². The van der Waals surface area contributed by atoms with Crippen LogP contribution in [0.15, 0.2) is 52.4 Å².